The van der Waals surface area contributed by atoms with Crippen molar-refractivity contribution in [1.82, 2.24) is 20.2 Å². The Morgan fingerprint density at radius 1 is 1.15 bits per heavy atom. The normalized spacial score (nSPS) is 20.0. The third kappa shape index (κ3) is 2.90. The van der Waals surface area contributed by atoms with Crippen LogP contribution in [-0.4, -0.2) is 33.3 Å². The van der Waals surface area contributed by atoms with Crippen molar-refractivity contribution in [2.45, 2.75) is 50.9 Å². The zero-order valence-corrected chi connectivity index (χ0v) is 14.8. The van der Waals surface area contributed by atoms with Crippen molar-refractivity contribution >= 4 is 17.6 Å². The lowest BCUT2D eigenvalue weighted by atomic mass is 9.99. The van der Waals surface area contributed by atoms with Crippen LogP contribution >= 0.6 is 0 Å². The molecular weight excluding hydrogens is 326 g/mol. The van der Waals surface area contributed by atoms with Crippen LogP contribution in [0.2, 0.25) is 0 Å². The first kappa shape index (κ1) is 15.6. The summed E-state index contributed by atoms with van der Waals surface area (Å²) in [6, 6.07) is 4.50. The Hall–Kier alpha value is -2.62. The van der Waals surface area contributed by atoms with E-state index in [1.807, 2.05) is 0 Å². The van der Waals surface area contributed by atoms with E-state index in [1.54, 1.807) is 0 Å². The number of H-pyrrole nitrogens is 1. The molecule has 26 heavy (non-hydrogen) atoms. The standard InChI is InChI=1S/C19H23N7/c20-11-12-6-8-26(9-7-12)19-21-15-3-1-2-14(15)18(23-19)22-17-10-16(24-25-17)13-4-5-13/h10,12-13H,1-9H2,(H2,21,22,23,24,25). The molecule has 2 aromatic heterocycles. The average Bonchev–Trinajstić information content (AvgIpc) is 3.23. The molecule has 1 aliphatic heterocycles. The van der Waals surface area contributed by atoms with Crippen LogP contribution in [0.3, 0.4) is 0 Å². The number of hydrogen-bond acceptors (Lipinski definition) is 6. The third-order valence-electron chi connectivity index (χ3n) is 5.74. The first-order valence-electron chi connectivity index (χ1n) is 9.67. The van der Waals surface area contributed by atoms with E-state index in [-0.39, 0.29) is 5.92 Å². The Balaban J connectivity index is 1.41. The van der Waals surface area contributed by atoms with Gasteiger partial charge in [0.2, 0.25) is 5.95 Å². The van der Waals surface area contributed by atoms with Crippen molar-refractivity contribution in [3.05, 3.63) is 23.0 Å². The SMILES string of the molecule is N#CC1CCN(c2nc3c(c(Nc4cc(C5CC5)[nH]n4)n2)CCC3)CC1. The number of nitriles is 1. The minimum absolute atomic E-state index is 0.170. The molecule has 7 nitrogen and oxygen atoms in total. The minimum Gasteiger partial charge on any atom is -0.341 e. The summed E-state index contributed by atoms with van der Waals surface area (Å²) >= 11 is 0. The van der Waals surface area contributed by atoms with E-state index < -0.39 is 0 Å². The van der Waals surface area contributed by atoms with Crippen molar-refractivity contribution in [1.29, 1.82) is 5.26 Å². The lowest BCUT2D eigenvalue weighted by molar-refractivity contribution is 0.482. The molecule has 0 aromatic carbocycles. The van der Waals surface area contributed by atoms with Gasteiger partial charge in [0.15, 0.2) is 5.82 Å². The van der Waals surface area contributed by atoms with Crippen LogP contribution in [0.15, 0.2) is 6.07 Å². The molecule has 2 aromatic rings. The van der Waals surface area contributed by atoms with Crippen molar-refractivity contribution in [3.63, 3.8) is 0 Å². The molecule has 5 rings (SSSR count). The molecule has 0 bridgehead atoms. The summed E-state index contributed by atoms with van der Waals surface area (Å²) in [5.41, 5.74) is 3.62. The van der Waals surface area contributed by atoms with Gasteiger partial charge in [-0.15, -0.1) is 0 Å². The Morgan fingerprint density at radius 2 is 2.00 bits per heavy atom. The van der Waals surface area contributed by atoms with Gasteiger partial charge in [-0.3, -0.25) is 5.10 Å². The van der Waals surface area contributed by atoms with E-state index >= 15 is 0 Å². The number of nitrogens with one attached hydrogen (secondary N) is 2. The van der Waals surface area contributed by atoms with E-state index in [0.29, 0.717) is 5.92 Å². The number of rotatable bonds is 4. The highest BCUT2D eigenvalue weighted by atomic mass is 15.3. The first-order chi connectivity index (χ1) is 12.8. The first-order valence-corrected chi connectivity index (χ1v) is 9.67. The van der Waals surface area contributed by atoms with Crippen LogP contribution in [-0.2, 0) is 12.8 Å². The number of hydrogen-bond donors (Lipinski definition) is 2. The Morgan fingerprint density at radius 3 is 2.77 bits per heavy atom. The summed E-state index contributed by atoms with van der Waals surface area (Å²) in [7, 11) is 0. The minimum atomic E-state index is 0.170. The van der Waals surface area contributed by atoms with Gasteiger partial charge in [0, 0.05) is 42.2 Å². The topological polar surface area (TPSA) is 93.5 Å². The zero-order chi connectivity index (χ0) is 17.5. The quantitative estimate of drug-likeness (QED) is 0.881. The van der Waals surface area contributed by atoms with Gasteiger partial charge in [0.05, 0.1) is 11.8 Å². The fourth-order valence-electron chi connectivity index (χ4n) is 4.00. The van der Waals surface area contributed by atoms with Gasteiger partial charge in [-0.25, -0.2) is 4.98 Å². The maximum Gasteiger partial charge on any atom is 0.227 e. The van der Waals surface area contributed by atoms with E-state index in [1.165, 1.54) is 24.1 Å². The Kier molecular flexibility index (Phi) is 3.77. The predicted octanol–water partition coefficient (Wildman–Crippen LogP) is 3.05. The van der Waals surface area contributed by atoms with E-state index in [9.17, 15) is 0 Å². The Labute approximate surface area is 152 Å². The van der Waals surface area contributed by atoms with Crippen molar-refractivity contribution in [2.24, 2.45) is 5.92 Å². The van der Waals surface area contributed by atoms with Crippen LogP contribution in [0.1, 0.15) is 55.0 Å². The van der Waals surface area contributed by atoms with Gasteiger partial charge in [0.25, 0.3) is 0 Å². The van der Waals surface area contributed by atoms with Gasteiger partial charge < -0.3 is 10.2 Å². The summed E-state index contributed by atoms with van der Waals surface area (Å²) in [5.74, 6) is 3.37. The van der Waals surface area contributed by atoms with Crippen molar-refractivity contribution < 1.29 is 0 Å². The lowest BCUT2D eigenvalue weighted by Crippen LogP contribution is -2.34. The molecule has 0 radical (unpaired) electrons. The second kappa shape index (κ2) is 6.27. The number of fused-ring (bicyclic) bond motifs is 1. The Bertz CT molecular complexity index is 853. The largest absolute Gasteiger partial charge is 0.341 e. The maximum absolute atomic E-state index is 9.11. The van der Waals surface area contributed by atoms with Crippen LogP contribution in [0.4, 0.5) is 17.6 Å². The molecular formula is C19H23N7. The molecule has 2 N–H and O–H groups in total. The molecule has 0 atom stereocenters. The molecule has 2 fully saturated rings. The summed E-state index contributed by atoms with van der Waals surface area (Å²) in [6.45, 7) is 1.70. The number of anilines is 3. The second-order valence-corrected chi connectivity index (χ2v) is 7.65. The summed E-state index contributed by atoms with van der Waals surface area (Å²) in [6.07, 6.45) is 7.47. The molecule has 1 saturated heterocycles. The molecule has 0 spiro atoms. The van der Waals surface area contributed by atoms with Gasteiger partial charge in [-0.1, -0.05) is 0 Å². The highest BCUT2D eigenvalue weighted by Crippen LogP contribution is 2.40. The van der Waals surface area contributed by atoms with E-state index in [4.69, 9.17) is 15.2 Å². The summed E-state index contributed by atoms with van der Waals surface area (Å²) < 4.78 is 0. The average molecular weight is 349 g/mol. The molecule has 3 heterocycles. The number of nitrogens with zero attached hydrogens (tertiary/aromatic N) is 5. The van der Waals surface area contributed by atoms with Gasteiger partial charge in [-0.2, -0.15) is 15.3 Å². The molecule has 1 saturated carbocycles. The van der Waals surface area contributed by atoms with E-state index in [0.717, 1.165) is 68.5 Å². The molecule has 0 amide bonds. The molecule has 134 valence electrons. The summed E-state index contributed by atoms with van der Waals surface area (Å²) in [5, 5.41) is 20.1. The monoisotopic (exact) mass is 349 g/mol. The van der Waals surface area contributed by atoms with Crippen LogP contribution in [0.25, 0.3) is 0 Å². The number of aromatic nitrogens is 4. The smallest absolute Gasteiger partial charge is 0.227 e. The number of aromatic amines is 1. The molecule has 0 unspecified atom stereocenters. The highest BCUT2D eigenvalue weighted by Gasteiger charge is 2.27. The fraction of sp³-hybridized carbons (Fsp3) is 0.579. The zero-order valence-electron chi connectivity index (χ0n) is 14.8. The van der Waals surface area contributed by atoms with Crippen molar-refractivity contribution in [2.75, 3.05) is 23.3 Å². The summed E-state index contributed by atoms with van der Waals surface area (Å²) in [4.78, 5) is 11.9. The highest BCUT2D eigenvalue weighted by molar-refractivity contribution is 5.60. The second-order valence-electron chi connectivity index (χ2n) is 7.65. The lowest BCUT2D eigenvalue weighted by Gasteiger charge is -2.29. The van der Waals surface area contributed by atoms with Gasteiger partial charge in [0.1, 0.15) is 5.82 Å². The third-order valence-corrected chi connectivity index (χ3v) is 5.74. The number of piperidine rings is 1. The predicted molar refractivity (Wildman–Crippen MR) is 98.5 cm³/mol. The maximum atomic E-state index is 9.11. The van der Waals surface area contributed by atoms with Crippen LogP contribution < -0.4 is 10.2 Å². The molecule has 2 aliphatic carbocycles. The molecule has 7 heteroatoms. The van der Waals surface area contributed by atoms with Gasteiger partial charge in [-0.05, 0) is 44.9 Å². The van der Waals surface area contributed by atoms with E-state index in [2.05, 4.69) is 32.5 Å². The van der Waals surface area contributed by atoms with Crippen molar-refractivity contribution in [3.8, 4) is 6.07 Å². The fourth-order valence-corrected chi connectivity index (χ4v) is 4.00. The number of aryl methyl sites for hydroxylation is 1. The molecule has 3 aliphatic rings. The van der Waals surface area contributed by atoms with Crippen LogP contribution in [0.5, 0.6) is 0 Å². The van der Waals surface area contributed by atoms with Gasteiger partial charge >= 0.3 is 0 Å². The van der Waals surface area contributed by atoms with Crippen LogP contribution in [0, 0.1) is 17.2 Å².